The highest BCUT2D eigenvalue weighted by Gasteiger charge is 2.27. The lowest BCUT2D eigenvalue weighted by Gasteiger charge is -2.15. The van der Waals surface area contributed by atoms with Crippen molar-refractivity contribution >= 4 is 11.6 Å². The van der Waals surface area contributed by atoms with Gasteiger partial charge in [-0.25, -0.2) is 9.78 Å². The maximum Gasteiger partial charge on any atom is 0.392 e. The highest BCUT2D eigenvalue weighted by atomic mass is 35.5. The number of aromatic amines is 1. The summed E-state index contributed by atoms with van der Waals surface area (Å²) in [4.78, 5) is 35.5. The summed E-state index contributed by atoms with van der Waals surface area (Å²) in [6, 6.07) is 9.15. The van der Waals surface area contributed by atoms with Gasteiger partial charge in [0.05, 0.1) is 37.6 Å². The highest BCUT2D eigenvalue weighted by Crippen LogP contribution is 2.32. The molecule has 0 amide bonds. The molecule has 0 atom stereocenters. The van der Waals surface area contributed by atoms with Gasteiger partial charge in [-0.3, -0.25) is 19.3 Å². The van der Waals surface area contributed by atoms with Gasteiger partial charge in [-0.15, -0.1) is 0 Å². The minimum atomic E-state index is -4.38. The third-order valence-corrected chi connectivity index (χ3v) is 5.29. The summed E-state index contributed by atoms with van der Waals surface area (Å²) in [6.45, 7) is -0.608. The third-order valence-electron chi connectivity index (χ3n) is 5.07. The van der Waals surface area contributed by atoms with Crippen LogP contribution in [0.25, 0.3) is 27.9 Å². The number of nitrogens with zero attached hydrogens (tertiary/aromatic N) is 3. The Balaban J connectivity index is 1.89. The second-order valence-corrected chi connectivity index (χ2v) is 7.99. The van der Waals surface area contributed by atoms with Gasteiger partial charge in [0.25, 0.3) is 5.56 Å². The van der Waals surface area contributed by atoms with Crippen molar-refractivity contribution in [1.82, 2.24) is 19.5 Å². The lowest BCUT2D eigenvalue weighted by Crippen LogP contribution is -2.20. The summed E-state index contributed by atoms with van der Waals surface area (Å²) < 4.78 is 49.5. The first-order valence-electron chi connectivity index (χ1n) is 10.5. The predicted octanol–water partition coefficient (Wildman–Crippen LogP) is 4.64. The number of H-pyrrole nitrogens is 1. The van der Waals surface area contributed by atoms with E-state index in [1.807, 2.05) is 0 Å². The lowest BCUT2D eigenvalue weighted by molar-refractivity contribution is -0.139. The van der Waals surface area contributed by atoms with Gasteiger partial charge in [-0.1, -0.05) is 11.6 Å². The van der Waals surface area contributed by atoms with Gasteiger partial charge in [0.1, 0.15) is 5.75 Å². The van der Waals surface area contributed by atoms with Gasteiger partial charge in [0, 0.05) is 34.7 Å². The van der Waals surface area contributed by atoms with E-state index in [0.717, 1.165) is 0 Å². The Morgan fingerprint density at radius 1 is 1.08 bits per heavy atom. The number of aromatic nitrogens is 4. The average molecular weight is 519 g/mol. The molecule has 3 aromatic heterocycles. The molecule has 12 heteroatoms. The van der Waals surface area contributed by atoms with Gasteiger partial charge >= 0.3 is 11.9 Å². The molecule has 0 saturated carbocycles. The molecule has 4 rings (SSSR count). The molecule has 3 heterocycles. The maximum atomic E-state index is 13.5. The van der Waals surface area contributed by atoms with E-state index < -0.39 is 30.5 Å². The number of methoxy groups -OCH3 is 1. The van der Waals surface area contributed by atoms with Crippen LogP contribution in [0.5, 0.6) is 11.6 Å². The highest BCUT2D eigenvalue weighted by molar-refractivity contribution is 6.31. The fraction of sp³-hybridized carbons (Fsp3) is 0.167. The number of nitrogens with one attached hydrogen (secondary N) is 1. The molecule has 36 heavy (non-hydrogen) atoms. The molecule has 0 unspecified atom stereocenters. The molecular formula is C24H18ClF3N4O4. The van der Waals surface area contributed by atoms with Crippen LogP contribution in [0, 0.1) is 0 Å². The molecule has 1 N–H and O–H groups in total. The standard InChI is InChI=1S/C24H18ClF3N4O4/c1-35-21-20(12-30-23(34)31-21)15-9-19(22(33)32(13-15)17-3-2-5-29-11-17)14-7-16(25)10-18(8-14)36-6-4-24(26,27)28/h2-3,5,7-13H,4,6H2,1H3,(H,30,31,34). The first-order valence-corrected chi connectivity index (χ1v) is 10.8. The number of rotatable bonds is 7. The molecule has 0 spiro atoms. The summed E-state index contributed by atoms with van der Waals surface area (Å²) in [5.74, 6) is 0.197. The van der Waals surface area contributed by atoms with E-state index >= 15 is 0 Å². The molecule has 0 radical (unpaired) electrons. The van der Waals surface area contributed by atoms with Crippen LogP contribution in [0.4, 0.5) is 13.2 Å². The fourth-order valence-corrected chi connectivity index (χ4v) is 3.68. The Morgan fingerprint density at radius 3 is 2.58 bits per heavy atom. The molecule has 8 nitrogen and oxygen atoms in total. The van der Waals surface area contributed by atoms with Crippen LogP contribution in [0.1, 0.15) is 6.42 Å². The monoisotopic (exact) mass is 518 g/mol. The molecular weight excluding hydrogens is 501 g/mol. The lowest BCUT2D eigenvalue weighted by atomic mass is 10.0. The number of alkyl halides is 3. The SMILES string of the molecule is COc1[nH]c(=O)ncc1-c1cc(-c2cc(Cl)cc(OCCC(F)(F)F)c2)c(=O)n(-c2cccnc2)c1. The Morgan fingerprint density at radius 2 is 1.89 bits per heavy atom. The van der Waals surface area contributed by atoms with E-state index in [4.69, 9.17) is 21.1 Å². The van der Waals surface area contributed by atoms with Crippen LogP contribution < -0.4 is 20.7 Å². The van der Waals surface area contributed by atoms with Gasteiger partial charge in [0.2, 0.25) is 5.88 Å². The number of pyridine rings is 2. The molecule has 0 fully saturated rings. The van der Waals surface area contributed by atoms with Crippen molar-refractivity contribution in [3.05, 3.63) is 87.0 Å². The van der Waals surface area contributed by atoms with E-state index in [2.05, 4.69) is 15.0 Å². The smallest absolute Gasteiger partial charge is 0.392 e. The van der Waals surface area contributed by atoms with E-state index in [1.54, 1.807) is 18.3 Å². The Kier molecular flexibility index (Phi) is 7.11. The summed E-state index contributed by atoms with van der Waals surface area (Å²) >= 11 is 6.21. The predicted molar refractivity (Wildman–Crippen MR) is 127 cm³/mol. The van der Waals surface area contributed by atoms with Crippen LogP contribution in [-0.4, -0.2) is 39.4 Å². The molecule has 0 aliphatic rings. The molecule has 0 aliphatic carbocycles. The molecule has 1 aromatic carbocycles. The van der Waals surface area contributed by atoms with Crippen LogP contribution in [0.15, 0.2) is 70.8 Å². The number of benzene rings is 1. The van der Waals surface area contributed by atoms with E-state index in [0.29, 0.717) is 22.4 Å². The van der Waals surface area contributed by atoms with Crippen LogP contribution in [0.3, 0.4) is 0 Å². The molecule has 0 aliphatic heterocycles. The molecule has 4 aromatic rings. The number of halogens is 4. The fourth-order valence-electron chi connectivity index (χ4n) is 3.46. The van der Waals surface area contributed by atoms with Crippen molar-refractivity contribution in [2.45, 2.75) is 12.6 Å². The minimum Gasteiger partial charge on any atom is -0.493 e. The van der Waals surface area contributed by atoms with Crippen molar-refractivity contribution in [3.8, 4) is 39.6 Å². The summed E-state index contributed by atoms with van der Waals surface area (Å²) in [5.41, 5.74) is 0.690. The van der Waals surface area contributed by atoms with Crippen molar-refractivity contribution in [1.29, 1.82) is 0 Å². The van der Waals surface area contributed by atoms with Gasteiger partial charge < -0.3 is 9.47 Å². The normalized spacial score (nSPS) is 11.4. The largest absolute Gasteiger partial charge is 0.493 e. The molecule has 186 valence electrons. The molecule has 0 bridgehead atoms. The van der Waals surface area contributed by atoms with Crippen molar-refractivity contribution in [3.63, 3.8) is 0 Å². The zero-order chi connectivity index (χ0) is 25.9. The average Bonchev–Trinajstić information content (AvgIpc) is 2.83. The number of hydrogen-bond donors (Lipinski definition) is 1. The zero-order valence-electron chi connectivity index (χ0n) is 18.7. The number of ether oxygens (including phenoxy) is 2. The first kappa shape index (κ1) is 25.0. The Bertz CT molecular complexity index is 1500. The van der Waals surface area contributed by atoms with E-state index in [-0.39, 0.29) is 22.2 Å². The Labute approximate surface area is 207 Å². The van der Waals surface area contributed by atoms with E-state index in [1.165, 1.54) is 54.5 Å². The van der Waals surface area contributed by atoms with Crippen LogP contribution in [0.2, 0.25) is 5.02 Å². The van der Waals surface area contributed by atoms with Crippen molar-refractivity contribution < 1.29 is 22.6 Å². The zero-order valence-corrected chi connectivity index (χ0v) is 19.4. The van der Waals surface area contributed by atoms with Crippen LogP contribution >= 0.6 is 11.6 Å². The van der Waals surface area contributed by atoms with Crippen molar-refractivity contribution in [2.75, 3.05) is 13.7 Å². The summed E-state index contributed by atoms with van der Waals surface area (Å²) in [5, 5.41) is 0.163. The third kappa shape index (κ3) is 5.74. The van der Waals surface area contributed by atoms with E-state index in [9.17, 15) is 22.8 Å². The van der Waals surface area contributed by atoms with Crippen molar-refractivity contribution in [2.24, 2.45) is 0 Å². The Hall–Kier alpha value is -4.12. The number of hydrogen-bond acceptors (Lipinski definition) is 6. The van der Waals surface area contributed by atoms with Gasteiger partial charge in [-0.05, 0) is 42.0 Å². The molecule has 0 saturated heterocycles. The van der Waals surface area contributed by atoms with Gasteiger partial charge in [-0.2, -0.15) is 13.2 Å². The first-order chi connectivity index (χ1) is 17.1. The maximum absolute atomic E-state index is 13.5. The van der Waals surface area contributed by atoms with Crippen LogP contribution in [-0.2, 0) is 0 Å². The summed E-state index contributed by atoms with van der Waals surface area (Å²) in [6.07, 6.45) is 0.356. The summed E-state index contributed by atoms with van der Waals surface area (Å²) in [7, 11) is 1.37. The minimum absolute atomic E-state index is 0.0720. The van der Waals surface area contributed by atoms with Gasteiger partial charge in [0.15, 0.2) is 0 Å². The second kappa shape index (κ2) is 10.2. The second-order valence-electron chi connectivity index (χ2n) is 7.55. The quantitative estimate of drug-likeness (QED) is 0.382. The topological polar surface area (TPSA) is 99.1 Å².